The molecule has 2 nitrogen and oxygen atoms in total. The maximum atomic E-state index is 5.13. The van der Waals surface area contributed by atoms with Gasteiger partial charge in [-0.1, -0.05) is 25.2 Å². The fourth-order valence-electron chi connectivity index (χ4n) is 0.522. The highest BCUT2D eigenvalue weighted by Crippen LogP contribution is 2.16. The van der Waals surface area contributed by atoms with Crippen LogP contribution in [0.3, 0.4) is 0 Å². The largest absolute Gasteiger partial charge is 0.470 e. The van der Waals surface area contributed by atoms with Crippen LogP contribution in [0.2, 0.25) is 0 Å². The molecule has 11 heavy (non-hydrogen) atoms. The van der Waals surface area contributed by atoms with Crippen molar-refractivity contribution in [3.63, 3.8) is 0 Å². The Kier molecular flexibility index (Phi) is 5.84. The number of thiazole rings is 1. The van der Waals surface area contributed by atoms with Crippen LogP contribution in [0.5, 0.6) is 5.19 Å². The minimum atomic E-state index is 0.701. The van der Waals surface area contributed by atoms with E-state index >= 15 is 0 Å². The molecule has 0 aliphatic carbocycles. The van der Waals surface area contributed by atoms with Crippen molar-refractivity contribution in [2.45, 2.75) is 27.7 Å². The SMILES string of the molecule is CC.CCOc1nc(C)cs1. The van der Waals surface area contributed by atoms with Crippen molar-refractivity contribution in [2.24, 2.45) is 0 Å². The lowest BCUT2D eigenvalue weighted by Gasteiger charge is -1.92. The normalized spacial score (nSPS) is 8.36. The standard InChI is InChI=1S/C6H9NOS.C2H6/c1-3-8-6-7-5(2)4-9-6;1-2/h4H,3H2,1-2H3;1-2H3. The van der Waals surface area contributed by atoms with E-state index in [4.69, 9.17) is 4.74 Å². The smallest absolute Gasteiger partial charge is 0.273 e. The van der Waals surface area contributed by atoms with Gasteiger partial charge in [0.05, 0.1) is 12.3 Å². The Hall–Kier alpha value is -0.570. The number of nitrogens with zero attached hydrogens (tertiary/aromatic N) is 1. The van der Waals surface area contributed by atoms with E-state index in [1.165, 1.54) is 0 Å². The van der Waals surface area contributed by atoms with Crippen LogP contribution in [0, 0.1) is 6.92 Å². The minimum absolute atomic E-state index is 0.701. The summed E-state index contributed by atoms with van der Waals surface area (Å²) in [6.07, 6.45) is 0. The fraction of sp³-hybridized carbons (Fsp3) is 0.625. The molecule has 0 aliphatic heterocycles. The zero-order valence-electron chi connectivity index (χ0n) is 7.55. The van der Waals surface area contributed by atoms with Crippen molar-refractivity contribution in [3.05, 3.63) is 11.1 Å². The summed E-state index contributed by atoms with van der Waals surface area (Å²) in [5.74, 6) is 0. The summed E-state index contributed by atoms with van der Waals surface area (Å²) in [7, 11) is 0. The molecule has 0 spiro atoms. The van der Waals surface area contributed by atoms with Crippen LogP contribution in [-0.4, -0.2) is 11.6 Å². The number of aromatic nitrogens is 1. The fourth-order valence-corrected chi connectivity index (χ4v) is 1.23. The lowest BCUT2D eigenvalue weighted by Crippen LogP contribution is -1.89. The van der Waals surface area contributed by atoms with E-state index in [0.717, 1.165) is 10.9 Å². The van der Waals surface area contributed by atoms with Crippen LogP contribution in [-0.2, 0) is 0 Å². The van der Waals surface area contributed by atoms with Crippen LogP contribution in [0.25, 0.3) is 0 Å². The molecule has 1 rings (SSSR count). The van der Waals surface area contributed by atoms with Gasteiger partial charge in [0.1, 0.15) is 0 Å². The van der Waals surface area contributed by atoms with E-state index in [1.807, 2.05) is 33.1 Å². The van der Waals surface area contributed by atoms with Gasteiger partial charge in [0.2, 0.25) is 0 Å². The van der Waals surface area contributed by atoms with Gasteiger partial charge in [-0.25, -0.2) is 4.98 Å². The number of ether oxygens (including phenoxy) is 1. The molecule has 0 aliphatic rings. The van der Waals surface area contributed by atoms with Crippen molar-refractivity contribution >= 4 is 11.3 Å². The highest BCUT2D eigenvalue weighted by atomic mass is 32.1. The summed E-state index contributed by atoms with van der Waals surface area (Å²) in [5, 5.41) is 2.75. The Labute approximate surface area is 72.2 Å². The molecule has 64 valence electrons. The molecule has 0 atom stereocenters. The Morgan fingerprint density at radius 2 is 2.18 bits per heavy atom. The average molecular weight is 173 g/mol. The highest BCUT2D eigenvalue weighted by molar-refractivity contribution is 7.11. The van der Waals surface area contributed by atoms with Crippen molar-refractivity contribution in [1.29, 1.82) is 0 Å². The van der Waals surface area contributed by atoms with Crippen LogP contribution in [0.4, 0.5) is 0 Å². The summed E-state index contributed by atoms with van der Waals surface area (Å²) in [4.78, 5) is 4.10. The molecule has 0 N–H and O–H groups in total. The van der Waals surface area contributed by atoms with Crippen molar-refractivity contribution in [2.75, 3.05) is 6.61 Å². The first-order valence-corrected chi connectivity index (χ1v) is 4.76. The molecule has 1 heterocycles. The number of aryl methyl sites for hydroxylation is 1. The maximum Gasteiger partial charge on any atom is 0.273 e. The molecule has 0 radical (unpaired) electrons. The molecule has 1 aromatic heterocycles. The first-order chi connectivity index (χ1) is 5.33. The second kappa shape index (κ2) is 6.16. The lowest BCUT2D eigenvalue weighted by atomic mass is 10.6. The van der Waals surface area contributed by atoms with Crippen LogP contribution >= 0.6 is 11.3 Å². The zero-order chi connectivity index (χ0) is 8.69. The van der Waals surface area contributed by atoms with E-state index in [1.54, 1.807) is 11.3 Å². The Bertz CT molecular complexity index is 186. The van der Waals surface area contributed by atoms with Gasteiger partial charge in [-0.05, 0) is 13.8 Å². The third-order valence-corrected chi connectivity index (χ3v) is 1.74. The number of rotatable bonds is 2. The third-order valence-electron chi connectivity index (χ3n) is 0.866. The monoisotopic (exact) mass is 173 g/mol. The quantitative estimate of drug-likeness (QED) is 0.686. The molecule has 1 aromatic rings. The summed E-state index contributed by atoms with van der Waals surface area (Å²) < 4.78 is 5.13. The topological polar surface area (TPSA) is 22.1 Å². The molecule has 0 fully saturated rings. The van der Waals surface area contributed by atoms with Crippen LogP contribution < -0.4 is 4.74 Å². The Balaban J connectivity index is 0.000000461. The van der Waals surface area contributed by atoms with E-state index in [2.05, 4.69) is 4.98 Å². The molecule has 0 saturated heterocycles. The summed E-state index contributed by atoms with van der Waals surface area (Å²) in [6.45, 7) is 8.61. The predicted molar refractivity (Wildman–Crippen MR) is 49.4 cm³/mol. The van der Waals surface area contributed by atoms with Crippen molar-refractivity contribution in [3.8, 4) is 5.19 Å². The van der Waals surface area contributed by atoms with Gasteiger partial charge < -0.3 is 4.74 Å². The van der Waals surface area contributed by atoms with Gasteiger partial charge in [0.25, 0.3) is 5.19 Å². The number of hydrogen-bond acceptors (Lipinski definition) is 3. The summed E-state index contributed by atoms with van der Waals surface area (Å²) in [5.41, 5.74) is 1.03. The number of hydrogen-bond donors (Lipinski definition) is 0. The summed E-state index contributed by atoms with van der Waals surface area (Å²) >= 11 is 1.54. The average Bonchev–Trinajstić information content (AvgIpc) is 2.41. The molecular weight excluding hydrogens is 158 g/mol. The second-order valence-corrected chi connectivity index (χ2v) is 2.51. The van der Waals surface area contributed by atoms with Gasteiger partial charge in [0.15, 0.2) is 0 Å². The Morgan fingerprint density at radius 1 is 1.55 bits per heavy atom. The first-order valence-electron chi connectivity index (χ1n) is 3.88. The first kappa shape index (κ1) is 10.4. The predicted octanol–water partition coefficient (Wildman–Crippen LogP) is 2.88. The lowest BCUT2D eigenvalue weighted by molar-refractivity contribution is 0.338. The van der Waals surface area contributed by atoms with Gasteiger partial charge >= 0.3 is 0 Å². The van der Waals surface area contributed by atoms with Gasteiger partial charge in [-0.15, -0.1) is 0 Å². The molecule has 0 amide bonds. The van der Waals surface area contributed by atoms with E-state index in [9.17, 15) is 0 Å². The molecule has 0 unspecified atom stereocenters. The van der Waals surface area contributed by atoms with Gasteiger partial charge in [0, 0.05) is 5.38 Å². The molecule has 0 saturated carbocycles. The molecule has 3 heteroatoms. The highest BCUT2D eigenvalue weighted by Gasteiger charge is 1.94. The second-order valence-electron chi connectivity index (χ2n) is 1.69. The molecular formula is C8H15NOS. The summed E-state index contributed by atoms with van der Waals surface area (Å²) in [6, 6.07) is 0. The third kappa shape index (κ3) is 3.98. The minimum Gasteiger partial charge on any atom is -0.470 e. The van der Waals surface area contributed by atoms with Crippen LogP contribution in [0.1, 0.15) is 26.5 Å². The van der Waals surface area contributed by atoms with E-state index in [0.29, 0.717) is 6.61 Å². The van der Waals surface area contributed by atoms with Gasteiger partial charge in [-0.2, -0.15) is 0 Å². The zero-order valence-corrected chi connectivity index (χ0v) is 8.36. The van der Waals surface area contributed by atoms with Crippen molar-refractivity contribution < 1.29 is 4.74 Å². The van der Waals surface area contributed by atoms with E-state index < -0.39 is 0 Å². The van der Waals surface area contributed by atoms with Crippen molar-refractivity contribution in [1.82, 2.24) is 4.98 Å². The molecule has 0 aromatic carbocycles. The molecule has 0 bridgehead atoms. The van der Waals surface area contributed by atoms with Gasteiger partial charge in [-0.3, -0.25) is 0 Å². The Morgan fingerprint density at radius 3 is 2.55 bits per heavy atom. The van der Waals surface area contributed by atoms with E-state index in [-0.39, 0.29) is 0 Å². The van der Waals surface area contributed by atoms with Crippen LogP contribution in [0.15, 0.2) is 5.38 Å². The maximum absolute atomic E-state index is 5.13.